The van der Waals surface area contributed by atoms with Crippen molar-refractivity contribution in [3.05, 3.63) is 29.6 Å². The van der Waals surface area contributed by atoms with Crippen LogP contribution in [0, 0.1) is 23.7 Å². The average molecular weight is 283 g/mol. The Balaban J connectivity index is 1.80. The first-order valence-corrected chi connectivity index (χ1v) is 7.70. The van der Waals surface area contributed by atoms with E-state index in [0.29, 0.717) is 23.0 Å². The van der Waals surface area contributed by atoms with Gasteiger partial charge in [-0.2, -0.15) is 0 Å². The van der Waals surface area contributed by atoms with Crippen LogP contribution in [0.4, 0.5) is 0 Å². The summed E-state index contributed by atoms with van der Waals surface area (Å²) in [5.74, 6) is 7.27. The van der Waals surface area contributed by atoms with Crippen molar-refractivity contribution in [2.24, 2.45) is 17.6 Å². The molecule has 0 atom stereocenters. The molecule has 0 bridgehead atoms. The van der Waals surface area contributed by atoms with Crippen LogP contribution in [0.25, 0.3) is 0 Å². The van der Waals surface area contributed by atoms with E-state index in [1.165, 1.54) is 25.7 Å². The van der Waals surface area contributed by atoms with Gasteiger partial charge in [0.25, 0.3) is 5.91 Å². The molecular weight excluding hydrogens is 262 g/mol. The van der Waals surface area contributed by atoms with Gasteiger partial charge in [-0.25, -0.2) is 0 Å². The summed E-state index contributed by atoms with van der Waals surface area (Å²) < 4.78 is 0. The zero-order valence-corrected chi connectivity index (χ0v) is 12.2. The maximum atomic E-state index is 12.9. The van der Waals surface area contributed by atoms with Gasteiger partial charge in [-0.15, -0.1) is 0 Å². The summed E-state index contributed by atoms with van der Waals surface area (Å²) in [5.41, 5.74) is 6.77. The molecular formula is C17H21N3O. The number of carbonyl (C=O) groups is 1. The van der Waals surface area contributed by atoms with Gasteiger partial charge in [-0.1, -0.05) is 11.8 Å². The predicted molar refractivity (Wildman–Crippen MR) is 81.5 cm³/mol. The third kappa shape index (κ3) is 3.83. The Bertz CT molecular complexity index is 565. The molecule has 21 heavy (non-hydrogen) atoms. The summed E-state index contributed by atoms with van der Waals surface area (Å²) in [5, 5.41) is 0. The van der Waals surface area contributed by atoms with Gasteiger partial charge in [0.2, 0.25) is 0 Å². The standard InChI is InChI=1S/C17H21N3O/c18-8-1-2-15-10-19-9-7-16(15)17(21)20(11-13-3-4-13)12-14-5-6-14/h7,9-10,13-14H,3-6,8,11-12,18H2. The van der Waals surface area contributed by atoms with Gasteiger partial charge in [0.05, 0.1) is 17.7 Å². The smallest absolute Gasteiger partial charge is 0.255 e. The first kappa shape index (κ1) is 14.1. The monoisotopic (exact) mass is 283 g/mol. The molecule has 2 aliphatic rings. The minimum absolute atomic E-state index is 0.0949. The van der Waals surface area contributed by atoms with Crippen LogP contribution in [0.15, 0.2) is 18.5 Å². The van der Waals surface area contributed by atoms with Crippen molar-refractivity contribution in [3.63, 3.8) is 0 Å². The lowest BCUT2D eigenvalue weighted by atomic mass is 10.1. The van der Waals surface area contributed by atoms with Gasteiger partial charge in [0.15, 0.2) is 0 Å². The molecule has 1 amide bonds. The molecule has 4 nitrogen and oxygen atoms in total. The molecule has 2 aliphatic carbocycles. The highest BCUT2D eigenvalue weighted by Crippen LogP contribution is 2.34. The SMILES string of the molecule is NCC#Cc1cnccc1C(=O)N(CC1CC1)CC1CC1. The third-order valence-corrected chi connectivity index (χ3v) is 4.01. The van der Waals surface area contributed by atoms with Crippen LogP contribution in [0.1, 0.15) is 41.6 Å². The van der Waals surface area contributed by atoms with Gasteiger partial charge >= 0.3 is 0 Å². The molecule has 0 saturated heterocycles. The Morgan fingerprint density at radius 2 is 1.95 bits per heavy atom. The van der Waals surface area contributed by atoms with Crippen molar-refractivity contribution in [2.75, 3.05) is 19.6 Å². The van der Waals surface area contributed by atoms with Crippen LogP contribution in [0.2, 0.25) is 0 Å². The summed E-state index contributed by atoms with van der Waals surface area (Å²) in [4.78, 5) is 19.0. The highest BCUT2D eigenvalue weighted by Gasteiger charge is 2.32. The Labute approximate surface area is 125 Å². The predicted octanol–water partition coefficient (Wildman–Crippen LogP) is 1.65. The quantitative estimate of drug-likeness (QED) is 0.836. The lowest BCUT2D eigenvalue weighted by Crippen LogP contribution is -2.35. The first-order valence-electron chi connectivity index (χ1n) is 7.70. The third-order valence-electron chi connectivity index (χ3n) is 4.01. The number of carbonyl (C=O) groups excluding carboxylic acids is 1. The number of nitrogens with zero attached hydrogens (tertiary/aromatic N) is 2. The second-order valence-corrected chi connectivity index (χ2v) is 6.02. The van der Waals surface area contributed by atoms with Crippen molar-refractivity contribution in [1.82, 2.24) is 9.88 Å². The van der Waals surface area contributed by atoms with Gasteiger partial charge < -0.3 is 10.6 Å². The van der Waals surface area contributed by atoms with Crippen molar-refractivity contribution < 1.29 is 4.79 Å². The van der Waals surface area contributed by atoms with E-state index in [-0.39, 0.29) is 12.5 Å². The largest absolute Gasteiger partial charge is 0.338 e. The number of nitrogens with two attached hydrogens (primary N) is 1. The molecule has 0 aromatic carbocycles. The van der Waals surface area contributed by atoms with Crippen molar-refractivity contribution >= 4 is 5.91 Å². The minimum Gasteiger partial charge on any atom is -0.338 e. The molecule has 2 N–H and O–H groups in total. The summed E-state index contributed by atoms with van der Waals surface area (Å²) >= 11 is 0. The van der Waals surface area contributed by atoms with Crippen molar-refractivity contribution in [1.29, 1.82) is 0 Å². The van der Waals surface area contributed by atoms with Crippen LogP contribution in [-0.2, 0) is 0 Å². The van der Waals surface area contributed by atoms with Crippen molar-refractivity contribution in [2.45, 2.75) is 25.7 Å². The van der Waals surface area contributed by atoms with Crippen LogP contribution in [-0.4, -0.2) is 35.4 Å². The normalized spacial score (nSPS) is 17.0. The molecule has 3 rings (SSSR count). The highest BCUT2D eigenvalue weighted by molar-refractivity contribution is 5.96. The van der Waals surface area contributed by atoms with E-state index < -0.39 is 0 Å². The Morgan fingerprint density at radius 1 is 1.29 bits per heavy atom. The molecule has 2 fully saturated rings. The van der Waals surface area contributed by atoms with Crippen molar-refractivity contribution in [3.8, 4) is 11.8 Å². The van der Waals surface area contributed by atoms with Crippen LogP contribution >= 0.6 is 0 Å². The molecule has 1 aromatic rings. The van der Waals surface area contributed by atoms with Gasteiger partial charge in [-0.3, -0.25) is 9.78 Å². The fourth-order valence-corrected chi connectivity index (χ4v) is 2.46. The zero-order chi connectivity index (χ0) is 14.7. The highest BCUT2D eigenvalue weighted by atomic mass is 16.2. The van der Waals surface area contributed by atoms with E-state index in [1.807, 2.05) is 4.90 Å². The number of hydrogen-bond donors (Lipinski definition) is 1. The van der Waals surface area contributed by atoms with Gasteiger partial charge in [-0.05, 0) is 43.6 Å². The minimum atomic E-state index is 0.0949. The second kappa shape index (κ2) is 6.28. The van der Waals surface area contributed by atoms with E-state index in [0.717, 1.165) is 13.1 Å². The number of rotatable bonds is 5. The lowest BCUT2D eigenvalue weighted by Gasteiger charge is -2.23. The Hall–Kier alpha value is -1.86. The molecule has 4 heteroatoms. The van der Waals surface area contributed by atoms with E-state index >= 15 is 0 Å². The second-order valence-electron chi connectivity index (χ2n) is 6.02. The van der Waals surface area contributed by atoms with Crippen LogP contribution < -0.4 is 5.73 Å². The maximum Gasteiger partial charge on any atom is 0.255 e. The Kier molecular flexibility index (Phi) is 4.21. The van der Waals surface area contributed by atoms with Crippen LogP contribution in [0.3, 0.4) is 0 Å². The first-order chi connectivity index (χ1) is 10.3. The van der Waals surface area contributed by atoms with Gasteiger partial charge in [0.1, 0.15) is 0 Å². The molecule has 0 aliphatic heterocycles. The van der Waals surface area contributed by atoms with E-state index in [9.17, 15) is 4.79 Å². The molecule has 110 valence electrons. The van der Waals surface area contributed by atoms with Gasteiger partial charge in [0, 0.05) is 25.5 Å². The zero-order valence-electron chi connectivity index (χ0n) is 12.2. The lowest BCUT2D eigenvalue weighted by molar-refractivity contribution is 0.0739. The summed E-state index contributed by atoms with van der Waals surface area (Å²) in [6.07, 6.45) is 8.33. The molecule has 1 heterocycles. The molecule has 1 aromatic heterocycles. The molecule has 0 radical (unpaired) electrons. The fourth-order valence-electron chi connectivity index (χ4n) is 2.46. The number of amides is 1. The molecule has 0 unspecified atom stereocenters. The Morgan fingerprint density at radius 3 is 2.52 bits per heavy atom. The van der Waals surface area contributed by atoms with Crippen LogP contribution in [0.5, 0.6) is 0 Å². The summed E-state index contributed by atoms with van der Waals surface area (Å²) in [7, 11) is 0. The van der Waals surface area contributed by atoms with E-state index in [1.54, 1.807) is 18.5 Å². The number of hydrogen-bond acceptors (Lipinski definition) is 3. The summed E-state index contributed by atoms with van der Waals surface area (Å²) in [6, 6.07) is 1.77. The molecule has 2 saturated carbocycles. The number of pyridine rings is 1. The van der Waals surface area contributed by atoms with E-state index in [4.69, 9.17) is 5.73 Å². The molecule has 0 spiro atoms. The number of aromatic nitrogens is 1. The average Bonchev–Trinajstić information content (AvgIpc) is 3.39. The fraction of sp³-hybridized carbons (Fsp3) is 0.529. The van der Waals surface area contributed by atoms with E-state index in [2.05, 4.69) is 16.8 Å². The topological polar surface area (TPSA) is 59.2 Å². The maximum absolute atomic E-state index is 12.9. The summed E-state index contributed by atoms with van der Waals surface area (Å²) in [6.45, 7) is 2.07.